The molecule has 3 aromatic rings. The first-order chi connectivity index (χ1) is 31.5. The Kier molecular flexibility index (Phi) is 19.2. The molecule has 0 bridgehead atoms. The fraction of sp³-hybridized carbons (Fsp3) is 0.490. The lowest BCUT2D eigenvalue weighted by Crippen LogP contribution is -2.55. The van der Waals surface area contributed by atoms with Crippen molar-refractivity contribution in [3.8, 4) is 11.8 Å². The quantitative estimate of drug-likeness (QED) is 0.128. The van der Waals surface area contributed by atoms with Crippen LogP contribution in [0.2, 0.25) is 0 Å². The lowest BCUT2D eigenvalue weighted by atomic mass is 9.87. The van der Waals surface area contributed by atoms with E-state index < -0.39 is 36.3 Å². The van der Waals surface area contributed by atoms with Crippen molar-refractivity contribution in [2.24, 2.45) is 0 Å². The third-order valence-electron chi connectivity index (χ3n) is 13.6. The predicted octanol–water partition coefficient (Wildman–Crippen LogP) is 4.50. The van der Waals surface area contributed by atoms with Crippen molar-refractivity contribution in [1.82, 2.24) is 41.7 Å². The summed E-state index contributed by atoms with van der Waals surface area (Å²) in [4.78, 5) is 86.0. The maximum absolute atomic E-state index is 14.5. The third-order valence-corrected chi connectivity index (χ3v) is 13.6. The fourth-order valence-corrected chi connectivity index (χ4v) is 9.64. The van der Waals surface area contributed by atoms with Gasteiger partial charge in [0.25, 0.3) is 0 Å². The molecule has 16 heteroatoms. The molecule has 67 heavy (non-hydrogen) atoms. The molecule has 6 amide bonds. The largest absolute Gasteiger partial charge is 0.347 e. The smallest absolute Gasteiger partial charge is 0.250 e. The molecule has 4 aliphatic rings. The van der Waals surface area contributed by atoms with Crippen LogP contribution in [-0.4, -0.2) is 103 Å². The number of amides is 6. The number of carbonyl (C=O) groups excluding carboxylic acids is 6. The number of benzene rings is 3. The first kappa shape index (κ1) is 52.5. The molecule has 2 fully saturated rings. The topological polar surface area (TPSA) is 181 Å². The zero-order valence-corrected chi connectivity index (χ0v) is 40.5. The van der Waals surface area contributed by atoms with Crippen LogP contribution in [0.25, 0.3) is 0 Å². The number of aryl methyl sites for hydroxylation is 2. The predicted molar refractivity (Wildman–Crippen MR) is 262 cm³/mol. The summed E-state index contributed by atoms with van der Waals surface area (Å²) in [6.45, 7) is 4.19. The minimum atomic E-state index is -1.06. The normalized spacial score (nSPS) is 21.2. The van der Waals surface area contributed by atoms with E-state index in [4.69, 9.17) is 0 Å². The van der Waals surface area contributed by atoms with E-state index in [9.17, 15) is 28.8 Å². The minimum absolute atomic E-state index is 0. The molecule has 14 nitrogen and oxygen atoms in total. The molecule has 2 aliphatic heterocycles. The molecule has 0 saturated carbocycles. The summed E-state index contributed by atoms with van der Waals surface area (Å²) < 4.78 is 0. The average Bonchev–Trinajstić information content (AvgIpc) is 4.04. The summed E-state index contributed by atoms with van der Waals surface area (Å²) in [5.41, 5.74) is 5.82. The maximum atomic E-state index is 14.5. The third kappa shape index (κ3) is 12.6. The van der Waals surface area contributed by atoms with Crippen LogP contribution >= 0.6 is 24.8 Å². The first-order valence-corrected chi connectivity index (χ1v) is 23.4. The zero-order valence-electron chi connectivity index (χ0n) is 38.9. The second-order valence-electron chi connectivity index (χ2n) is 17.8. The van der Waals surface area contributed by atoms with Gasteiger partial charge in [0.2, 0.25) is 35.4 Å². The zero-order chi connectivity index (χ0) is 46.0. The summed E-state index contributed by atoms with van der Waals surface area (Å²) in [5, 5.41) is 18.1. The highest BCUT2D eigenvalue weighted by atomic mass is 35.5. The van der Waals surface area contributed by atoms with E-state index in [-0.39, 0.29) is 78.8 Å². The highest BCUT2D eigenvalue weighted by molar-refractivity contribution is 5.95. The van der Waals surface area contributed by atoms with Crippen LogP contribution in [0.1, 0.15) is 123 Å². The number of nitrogens with zero attached hydrogens (tertiary/aromatic N) is 2. The number of carbonyl (C=O) groups is 6. The highest BCUT2D eigenvalue weighted by Crippen LogP contribution is 2.32. The summed E-state index contributed by atoms with van der Waals surface area (Å²) in [7, 11) is 3.33. The highest BCUT2D eigenvalue weighted by Gasteiger charge is 2.41. The summed E-state index contributed by atoms with van der Waals surface area (Å²) >= 11 is 0. The number of nitrogens with one attached hydrogen (secondary N) is 6. The molecule has 0 radical (unpaired) electrons. The van der Waals surface area contributed by atoms with Crippen molar-refractivity contribution < 1.29 is 28.8 Å². The van der Waals surface area contributed by atoms with Crippen LogP contribution in [0.4, 0.5) is 0 Å². The standard InChI is InChI=1S/C51H64N8O6.2ClH/c1-32(52-3)46(60)56-42(50(64)58-30-12-24-43(58)48(62)54-40-21-10-17-35-15-5-7-19-38(35)40)23-9-14-34-26-28-37(29-27-34)45(57-47(61)33(2)53-4)51(65)59-31-13-25-44(59)49(63)55-41-22-11-18-36-16-6-8-20-39(36)41;;/h5-8,15-16,19-20,26-29,32-33,40-45,52-53H,10-13,17-18,21-25,30-31H2,1-4H3,(H,54,62)(H,55,63)(H,56,60)(H,57,61);2*1H/t32-,33-,40+,41+,42-,43-,44-,45-;;/m0../s1. The Morgan fingerprint density at radius 3 is 1.60 bits per heavy atom. The van der Waals surface area contributed by atoms with E-state index in [1.54, 1.807) is 62.0 Å². The number of likely N-dealkylation sites (N-methyl/N-ethyl adjacent to an activating group) is 2. The van der Waals surface area contributed by atoms with Gasteiger partial charge in [0.1, 0.15) is 24.2 Å². The molecule has 0 unspecified atom stereocenters. The number of rotatable bonds is 14. The van der Waals surface area contributed by atoms with Gasteiger partial charge in [-0.1, -0.05) is 72.5 Å². The molecule has 360 valence electrons. The summed E-state index contributed by atoms with van der Waals surface area (Å²) in [6, 6.07) is 18.5. The Morgan fingerprint density at radius 1 is 0.612 bits per heavy atom. The van der Waals surface area contributed by atoms with Crippen molar-refractivity contribution >= 4 is 60.3 Å². The molecule has 0 aromatic heterocycles. The Hall–Kier alpha value is -5.46. The molecule has 2 aliphatic carbocycles. The molecule has 8 atom stereocenters. The fourth-order valence-electron chi connectivity index (χ4n) is 9.64. The van der Waals surface area contributed by atoms with E-state index in [1.807, 2.05) is 24.3 Å². The van der Waals surface area contributed by atoms with E-state index >= 15 is 0 Å². The molecule has 0 spiro atoms. The number of likely N-dealkylation sites (tertiary alicyclic amines) is 2. The molecule has 6 N–H and O–H groups in total. The molecule has 7 rings (SSSR count). The Bertz CT molecular complexity index is 2300. The number of halogens is 2. The van der Waals surface area contributed by atoms with Crippen molar-refractivity contribution in [3.05, 3.63) is 106 Å². The second-order valence-corrected chi connectivity index (χ2v) is 17.8. The van der Waals surface area contributed by atoms with Gasteiger partial charge in [-0.05, 0) is 132 Å². The van der Waals surface area contributed by atoms with Gasteiger partial charge in [-0.2, -0.15) is 0 Å². The van der Waals surface area contributed by atoms with Crippen LogP contribution in [-0.2, 0) is 41.6 Å². The SMILES string of the molecule is CN[C@@H](C)C(=O)N[C@@H](CC#Cc1ccc([C@H](NC(=O)[C@H](C)NC)C(=O)N2CCC[C@H]2C(=O)N[C@@H]2CCCc3ccccc32)cc1)C(=O)N1CCC[C@H]1C(=O)N[C@@H]1CCCc2ccccc21.Cl.Cl. The van der Waals surface area contributed by atoms with Crippen molar-refractivity contribution in [2.75, 3.05) is 27.2 Å². The van der Waals surface area contributed by atoms with Gasteiger partial charge in [-0.3, -0.25) is 28.8 Å². The van der Waals surface area contributed by atoms with Crippen LogP contribution in [0.5, 0.6) is 0 Å². The molecule has 2 saturated heterocycles. The van der Waals surface area contributed by atoms with Gasteiger partial charge in [-0.15, -0.1) is 24.8 Å². The van der Waals surface area contributed by atoms with Crippen LogP contribution in [0.15, 0.2) is 72.8 Å². The molecule has 2 heterocycles. The Balaban J connectivity index is 0.00000420. The maximum Gasteiger partial charge on any atom is 0.250 e. The van der Waals surface area contributed by atoms with Crippen LogP contribution in [0, 0.1) is 11.8 Å². The van der Waals surface area contributed by atoms with Crippen LogP contribution < -0.4 is 31.9 Å². The van der Waals surface area contributed by atoms with Crippen molar-refractivity contribution in [1.29, 1.82) is 0 Å². The van der Waals surface area contributed by atoms with Gasteiger partial charge < -0.3 is 41.7 Å². The van der Waals surface area contributed by atoms with Gasteiger partial charge in [-0.25, -0.2) is 0 Å². The minimum Gasteiger partial charge on any atom is -0.347 e. The molecule has 3 aromatic carbocycles. The van der Waals surface area contributed by atoms with E-state index in [2.05, 4.69) is 68.0 Å². The Morgan fingerprint density at radius 2 is 1.09 bits per heavy atom. The van der Waals surface area contributed by atoms with Gasteiger partial charge in [0, 0.05) is 25.1 Å². The van der Waals surface area contributed by atoms with Crippen LogP contribution in [0.3, 0.4) is 0 Å². The van der Waals surface area contributed by atoms with E-state index in [0.717, 1.165) is 49.7 Å². The number of hydrogen-bond acceptors (Lipinski definition) is 8. The van der Waals surface area contributed by atoms with E-state index in [1.165, 1.54) is 11.1 Å². The summed E-state index contributed by atoms with van der Waals surface area (Å²) in [6.07, 6.45) is 7.90. The Labute approximate surface area is 407 Å². The monoisotopic (exact) mass is 956 g/mol. The average molecular weight is 958 g/mol. The van der Waals surface area contributed by atoms with Crippen molar-refractivity contribution in [3.63, 3.8) is 0 Å². The first-order valence-electron chi connectivity index (χ1n) is 23.4. The lowest BCUT2D eigenvalue weighted by Gasteiger charge is -2.32. The lowest BCUT2D eigenvalue weighted by molar-refractivity contribution is -0.142. The number of hydrogen-bond donors (Lipinski definition) is 6. The molecular formula is C51H66Cl2N8O6. The summed E-state index contributed by atoms with van der Waals surface area (Å²) in [5.74, 6) is 4.35. The number of fused-ring (bicyclic) bond motifs is 2. The van der Waals surface area contributed by atoms with Gasteiger partial charge in [0.15, 0.2) is 0 Å². The van der Waals surface area contributed by atoms with Crippen molar-refractivity contribution in [2.45, 2.75) is 133 Å². The second kappa shape index (κ2) is 24.5. The van der Waals surface area contributed by atoms with Gasteiger partial charge in [0.05, 0.1) is 24.2 Å². The molecular weight excluding hydrogens is 892 g/mol. The van der Waals surface area contributed by atoms with E-state index in [0.29, 0.717) is 49.9 Å². The van der Waals surface area contributed by atoms with Gasteiger partial charge >= 0.3 is 0 Å².